The molecule has 0 aliphatic rings. The predicted octanol–water partition coefficient (Wildman–Crippen LogP) is 5.41. The van der Waals surface area contributed by atoms with Crippen LogP contribution in [0.15, 0.2) is 68.3 Å². The molecule has 11 heteroatoms. The number of halogens is 1. The molecule has 0 unspecified atom stereocenters. The summed E-state index contributed by atoms with van der Waals surface area (Å²) < 4.78 is 22.5. The van der Waals surface area contributed by atoms with Crippen molar-refractivity contribution in [3.05, 3.63) is 85.0 Å². The highest BCUT2D eigenvalue weighted by Gasteiger charge is 2.21. The van der Waals surface area contributed by atoms with Crippen molar-refractivity contribution in [2.75, 3.05) is 26.6 Å². The summed E-state index contributed by atoms with van der Waals surface area (Å²) in [4.78, 5) is 36.3. The Morgan fingerprint density at radius 2 is 1.75 bits per heavy atom. The van der Waals surface area contributed by atoms with Crippen LogP contribution < -0.4 is 25.0 Å². The number of fused-ring (bicyclic) bond motifs is 1. The molecule has 0 bridgehead atoms. The van der Waals surface area contributed by atoms with Crippen LogP contribution in [0.2, 0.25) is 0 Å². The van der Waals surface area contributed by atoms with Gasteiger partial charge >= 0.3 is 0 Å². The fourth-order valence-corrected chi connectivity index (χ4v) is 4.11. The van der Waals surface area contributed by atoms with Gasteiger partial charge in [-0.3, -0.25) is 19.7 Å². The van der Waals surface area contributed by atoms with E-state index in [4.69, 9.17) is 18.6 Å². The highest BCUT2D eigenvalue weighted by atomic mass is 79.9. The summed E-state index contributed by atoms with van der Waals surface area (Å²) in [6.45, 7) is 0. The van der Waals surface area contributed by atoms with Gasteiger partial charge in [-0.1, -0.05) is 12.1 Å². The van der Waals surface area contributed by atoms with Gasteiger partial charge in [-0.05, 0) is 34.1 Å². The van der Waals surface area contributed by atoms with Crippen LogP contribution in [-0.2, 0) is 0 Å². The molecule has 0 saturated heterocycles. The second-order valence-corrected chi connectivity index (χ2v) is 8.30. The van der Waals surface area contributed by atoms with E-state index >= 15 is 0 Å². The van der Waals surface area contributed by atoms with Crippen molar-refractivity contribution >= 4 is 44.2 Å². The van der Waals surface area contributed by atoms with Gasteiger partial charge in [-0.2, -0.15) is 0 Å². The molecule has 1 N–H and O–H groups in total. The van der Waals surface area contributed by atoms with E-state index in [9.17, 15) is 19.7 Å². The number of rotatable bonds is 7. The Morgan fingerprint density at radius 3 is 2.42 bits per heavy atom. The number of hydrogen-bond acceptors (Lipinski definition) is 8. The zero-order chi connectivity index (χ0) is 26.0. The molecule has 10 nitrogen and oxygen atoms in total. The molecule has 0 atom stereocenters. The number of non-ortho nitro benzene ring substituents is 1. The van der Waals surface area contributed by atoms with E-state index in [1.165, 1.54) is 51.7 Å². The average molecular weight is 555 g/mol. The van der Waals surface area contributed by atoms with Gasteiger partial charge < -0.3 is 23.9 Å². The van der Waals surface area contributed by atoms with Crippen molar-refractivity contribution in [1.29, 1.82) is 0 Å². The summed E-state index contributed by atoms with van der Waals surface area (Å²) in [5, 5.41) is 14.0. The van der Waals surface area contributed by atoms with Crippen LogP contribution in [0.25, 0.3) is 22.3 Å². The van der Waals surface area contributed by atoms with E-state index in [0.717, 1.165) is 0 Å². The normalized spacial score (nSPS) is 10.7. The Bertz CT molecular complexity index is 1560. The predicted molar refractivity (Wildman–Crippen MR) is 136 cm³/mol. The molecular weight excluding hydrogens is 536 g/mol. The van der Waals surface area contributed by atoms with Crippen molar-refractivity contribution in [3.63, 3.8) is 0 Å². The quantitative estimate of drug-likeness (QED) is 0.237. The number of nitro benzene ring substituents is 1. The molecule has 1 amide bonds. The van der Waals surface area contributed by atoms with E-state index in [1.54, 1.807) is 24.3 Å². The number of benzene rings is 3. The van der Waals surface area contributed by atoms with Crippen LogP contribution in [-0.4, -0.2) is 32.2 Å². The van der Waals surface area contributed by atoms with Gasteiger partial charge in [-0.25, -0.2) is 0 Å². The molecule has 0 spiro atoms. The second kappa shape index (κ2) is 10.1. The lowest BCUT2D eigenvalue weighted by atomic mass is 10.1. The Morgan fingerprint density at radius 1 is 1.00 bits per heavy atom. The van der Waals surface area contributed by atoms with Crippen molar-refractivity contribution in [1.82, 2.24) is 0 Å². The molecule has 3 aromatic carbocycles. The molecule has 0 aliphatic carbocycles. The number of methoxy groups -OCH3 is 3. The zero-order valence-corrected chi connectivity index (χ0v) is 20.9. The highest BCUT2D eigenvalue weighted by molar-refractivity contribution is 9.10. The van der Waals surface area contributed by atoms with Crippen molar-refractivity contribution < 1.29 is 28.3 Å². The fourth-order valence-electron chi connectivity index (χ4n) is 3.68. The summed E-state index contributed by atoms with van der Waals surface area (Å²) in [6.07, 6.45) is 0. The zero-order valence-electron chi connectivity index (χ0n) is 19.3. The van der Waals surface area contributed by atoms with Crippen LogP contribution in [0.4, 0.5) is 11.4 Å². The van der Waals surface area contributed by atoms with E-state index in [0.29, 0.717) is 21.5 Å². The second-order valence-electron chi connectivity index (χ2n) is 7.45. The Balaban J connectivity index is 1.73. The Labute approximate surface area is 212 Å². The van der Waals surface area contributed by atoms with Crippen LogP contribution >= 0.6 is 15.9 Å². The maximum absolute atomic E-state index is 13.0. The molecule has 4 aromatic rings. The topological polar surface area (TPSA) is 130 Å². The standard InChI is InChI=1S/C25H19BrN2O8/c1-33-21-12-20-22(24(35-3)23(21)34-2)18(29)11-19(36-20)13-5-4-6-14(9-13)27-25(30)16-10-15(28(31)32)7-8-17(16)26/h4-12H,1-3H3,(H,27,30). The van der Waals surface area contributed by atoms with Gasteiger partial charge in [-0.15, -0.1) is 0 Å². The van der Waals surface area contributed by atoms with Crippen molar-refractivity contribution in [3.8, 4) is 28.6 Å². The Hall–Kier alpha value is -4.38. The van der Waals surface area contributed by atoms with Gasteiger partial charge in [0, 0.05) is 40.0 Å². The van der Waals surface area contributed by atoms with E-state index in [1.807, 2.05) is 0 Å². The number of carbonyl (C=O) groups is 1. The average Bonchev–Trinajstić information content (AvgIpc) is 2.87. The number of nitro groups is 1. The first-order valence-corrected chi connectivity index (χ1v) is 11.2. The monoisotopic (exact) mass is 554 g/mol. The fraction of sp³-hybridized carbons (Fsp3) is 0.120. The number of carbonyl (C=O) groups excluding carboxylic acids is 1. The minimum absolute atomic E-state index is 0.0972. The number of amides is 1. The minimum atomic E-state index is -0.578. The van der Waals surface area contributed by atoms with E-state index in [2.05, 4.69) is 21.2 Å². The molecule has 0 saturated carbocycles. The van der Waals surface area contributed by atoms with E-state index in [-0.39, 0.29) is 44.9 Å². The lowest BCUT2D eigenvalue weighted by molar-refractivity contribution is -0.384. The first kappa shape index (κ1) is 24.7. The number of nitrogens with one attached hydrogen (secondary N) is 1. The number of ether oxygens (including phenoxy) is 3. The number of anilines is 1. The van der Waals surface area contributed by atoms with E-state index < -0.39 is 10.8 Å². The van der Waals surface area contributed by atoms with Gasteiger partial charge in [0.25, 0.3) is 11.6 Å². The molecule has 1 aromatic heterocycles. The maximum Gasteiger partial charge on any atom is 0.270 e. The third-order valence-corrected chi connectivity index (χ3v) is 6.02. The summed E-state index contributed by atoms with van der Waals surface area (Å²) in [5.41, 5.74) is 0.653. The van der Waals surface area contributed by atoms with Gasteiger partial charge in [0.15, 0.2) is 16.9 Å². The van der Waals surface area contributed by atoms with Crippen LogP contribution in [0.3, 0.4) is 0 Å². The molecule has 4 rings (SSSR count). The summed E-state index contributed by atoms with van der Waals surface area (Å²) in [5.74, 6) is 0.476. The summed E-state index contributed by atoms with van der Waals surface area (Å²) >= 11 is 3.25. The summed E-state index contributed by atoms with van der Waals surface area (Å²) in [6, 6.07) is 13.4. The molecule has 0 fully saturated rings. The molecule has 184 valence electrons. The van der Waals surface area contributed by atoms with Gasteiger partial charge in [0.1, 0.15) is 16.7 Å². The summed E-state index contributed by atoms with van der Waals surface area (Å²) in [7, 11) is 4.31. The van der Waals surface area contributed by atoms with Crippen LogP contribution in [0, 0.1) is 10.1 Å². The SMILES string of the molecule is COc1cc2oc(-c3cccc(NC(=O)c4cc([N+](=O)[O-])ccc4Br)c3)cc(=O)c2c(OC)c1OC. The first-order chi connectivity index (χ1) is 17.3. The third-order valence-electron chi connectivity index (χ3n) is 5.33. The van der Waals surface area contributed by atoms with Crippen molar-refractivity contribution in [2.24, 2.45) is 0 Å². The Kier molecular flexibility index (Phi) is 6.93. The van der Waals surface area contributed by atoms with Crippen molar-refractivity contribution in [2.45, 2.75) is 0 Å². The number of nitrogens with zero attached hydrogens (tertiary/aromatic N) is 1. The molecular formula is C25H19BrN2O8. The number of hydrogen-bond donors (Lipinski definition) is 1. The molecule has 0 aliphatic heterocycles. The first-order valence-electron chi connectivity index (χ1n) is 10.4. The maximum atomic E-state index is 13.0. The smallest absolute Gasteiger partial charge is 0.270 e. The van der Waals surface area contributed by atoms with Gasteiger partial charge in [0.2, 0.25) is 5.75 Å². The molecule has 1 heterocycles. The minimum Gasteiger partial charge on any atom is -0.493 e. The largest absolute Gasteiger partial charge is 0.493 e. The van der Waals surface area contributed by atoms with Crippen LogP contribution in [0.1, 0.15) is 10.4 Å². The molecule has 36 heavy (non-hydrogen) atoms. The highest BCUT2D eigenvalue weighted by Crippen LogP contribution is 2.42. The third kappa shape index (κ3) is 4.60. The molecule has 0 radical (unpaired) electrons. The van der Waals surface area contributed by atoms with Crippen LogP contribution in [0.5, 0.6) is 17.2 Å². The lowest BCUT2D eigenvalue weighted by Gasteiger charge is -2.14. The lowest BCUT2D eigenvalue weighted by Crippen LogP contribution is -2.13. The van der Waals surface area contributed by atoms with Gasteiger partial charge in [0.05, 0.1) is 31.8 Å².